The molecule has 7 nitrogen and oxygen atoms in total. The molecule has 7 heteroatoms. The molecule has 1 aromatic heterocycles. The summed E-state index contributed by atoms with van der Waals surface area (Å²) >= 11 is 0. The number of nitrogens with zero attached hydrogens (tertiary/aromatic N) is 2. The largest absolute Gasteiger partial charge is 0.491 e. The molecule has 0 bridgehead atoms. The van der Waals surface area contributed by atoms with Crippen molar-refractivity contribution in [2.45, 2.75) is 70.6 Å². The average molecular weight is 487 g/mol. The smallest absolute Gasteiger partial charge is 0.319 e. The van der Waals surface area contributed by atoms with E-state index in [1.165, 1.54) is 6.42 Å². The van der Waals surface area contributed by atoms with Crippen molar-refractivity contribution in [2.24, 2.45) is 0 Å². The lowest BCUT2D eigenvalue weighted by Crippen LogP contribution is -2.35. The minimum atomic E-state index is -0.214. The van der Waals surface area contributed by atoms with Gasteiger partial charge in [0.05, 0.1) is 22.9 Å². The van der Waals surface area contributed by atoms with E-state index in [1.807, 2.05) is 50.2 Å². The number of nitrogens with one attached hydrogen (secondary N) is 2. The standard InChI is InChI=1S/C29H34N4O3/c1-3-19(2)31-29(34)32-21-11-9-20(10-12-21)28-26(17-30)25-14-13-23(36-18-24-8-5-15-35-24)16-27(25)33(28)22-6-4-7-22/h9-14,16,19,22,24H,3-8,15,18H2,1-2H3,(H2,31,32,34). The molecule has 188 valence electrons. The third-order valence-corrected chi connectivity index (χ3v) is 7.39. The Labute approximate surface area is 212 Å². The van der Waals surface area contributed by atoms with Crippen molar-refractivity contribution in [3.05, 3.63) is 48.0 Å². The van der Waals surface area contributed by atoms with Crippen LogP contribution in [0.4, 0.5) is 10.5 Å². The molecule has 2 unspecified atom stereocenters. The number of ether oxygens (including phenoxy) is 2. The van der Waals surface area contributed by atoms with Gasteiger partial charge in [-0.15, -0.1) is 0 Å². The number of hydrogen-bond acceptors (Lipinski definition) is 4. The topological polar surface area (TPSA) is 88.3 Å². The molecule has 2 heterocycles. The Kier molecular flexibility index (Phi) is 7.15. The van der Waals surface area contributed by atoms with Gasteiger partial charge in [-0.25, -0.2) is 4.79 Å². The van der Waals surface area contributed by atoms with Crippen LogP contribution in [0.1, 0.15) is 64.0 Å². The summed E-state index contributed by atoms with van der Waals surface area (Å²) in [6.07, 6.45) is 6.53. The van der Waals surface area contributed by atoms with Gasteiger partial charge in [-0.05, 0) is 75.3 Å². The summed E-state index contributed by atoms with van der Waals surface area (Å²) in [4.78, 5) is 12.2. The van der Waals surface area contributed by atoms with Crippen LogP contribution in [0.3, 0.4) is 0 Å². The van der Waals surface area contributed by atoms with Gasteiger partial charge < -0.3 is 24.7 Å². The van der Waals surface area contributed by atoms with Gasteiger partial charge >= 0.3 is 6.03 Å². The molecule has 2 aliphatic rings. The second kappa shape index (κ2) is 10.6. The maximum Gasteiger partial charge on any atom is 0.319 e. The van der Waals surface area contributed by atoms with Crippen molar-refractivity contribution in [3.8, 4) is 23.1 Å². The van der Waals surface area contributed by atoms with Gasteiger partial charge in [0.1, 0.15) is 18.4 Å². The van der Waals surface area contributed by atoms with Crippen LogP contribution in [0.25, 0.3) is 22.2 Å². The predicted molar refractivity (Wildman–Crippen MR) is 141 cm³/mol. The molecule has 2 aromatic carbocycles. The maximum atomic E-state index is 12.2. The second-order valence-electron chi connectivity index (χ2n) is 9.90. The molecule has 0 spiro atoms. The summed E-state index contributed by atoms with van der Waals surface area (Å²) < 4.78 is 14.1. The van der Waals surface area contributed by atoms with Crippen LogP contribution in [0.5, 0.6) is 5.75 Å². The van der Waals surface area contributed by atoms with Crippen LogP contribution in [-0.2, 0) is 4.74 Å². The predicted octanol–water partition coefficient (Wildman–Crippen LogP) is 6.38. The van der Waals surface area contributed by atoms with E-state index in [-0.39, 0.29) is 18.2 Å². The molecule has 1 aliphatic carbocycles. The van der Waals surface area contributed by atoms with Gasteiger partial charge in [-0.1, -0.05) is 19.1 Å². The fourth-order valence-corrected chi connectivity index (χ4v) is 4.97. The maximum absolute atomic E-state index is 12.2. The lowest BCUT2D eigenvalue weighted by atomic mass is 9.92. The third-order valence-electron chi connectivity index (χ3n) is 7.39. The molecular weight excluding hydrogens is 452 g/mol. The molecule has 3 aromatic rings. The average Bonchev–Trinajstić information content (AvgIpc) is 3.48. The number of benzene rings is 2. The first-order valence-electron chi connectivity index (χ1n) is 13.1. The monoisotopic (exact) mass is 486 g/mol. The molecular formula is C29H34N4O3. The zero-order valence-corrected chi connectivity index (χ0v) is 21.0. The van der Waals surface area contributed by atoms with Crippen molar-refractivity contribution in [1.29, 1.82) is 5.26 Å². The number of fused-ring (bicyclic) bond motifs is 1. The van der Waals surface area contributed by atoms with E-state index in [0.717, 1.165) is 66.6 Å². The van der Waals surface area contributed by atoms with Gasteiger partial charge in [0.15, 0.2) is 0 Å². The van der Waals surface area contributed by atoms with Gasteiger partial charge in [0.25, 0.3) is 0 Å². The van der Waals surface area contributed by atoms with E-state index in [0.29, 0.717) is 23.9 Å². The highest BCUT2D eigenvalue weighted by Gasteiger charge is 2.28. The van der Waals surface area contributed by atoms with Crippen LogP contribution in [0, 0.1) is 11.3 Å². The van der Waals surface area contributed by atoms with E-state index in [1.54, 1.807) is 0 Å². The lowest BCUT2D eigenvalue weighted by molar-refractivity contribution is 0.0680. The fourth-order valence-electron chi connectivity index (χ4n) is 4.97. The summed E-state index contributed by atoms with van der Waals surface area (Å²) in [5.41, 5.74) is 4.33. The molecule has 1 saturated heterocycles. The molecule has 36 heavy (non-hydrogen) atoms. The number of nitriles is 1. The minimum Gasteiger partial charge on any atom is -0.491 e. The van der Waals surface area contributed by atoms with Crippen molar-refractivity contribution in [3.63, 3.8) is 0 Å². The summed E-state index contributed by atoms with van der Waals surface area (Å²) in [7, 11) is 0. The Morgan fingerprint density at radius 2 is 2.00 bits per heavy atom. The minimum absolute atomic E-state index is 0.111. The fraction of sp³-hybridized carbons (Fsp3) is 0.448. The van der Waals surface area contributed by atoms with E-state index in [4.69, 9.17) is 9.47 Å². The molecule has 0 radical (unpaired) electrons. The molecule has 2 fully saturated rings. The van der Waals surface area contributed by atoms with Crippen molar-refractivity contribution in [1.82, 2.24) is 9.88 Å². The normalized spacial score (nSPS) is 18.4. The van der Waals surface area contributed by atoms with E-state index < -0.39 is 0 Å². The van der Waals surface area contributed by atoms with E-state index in [2.05, 4.69) is 27.3 Å². The zero-order valence-electron chi connectivity index (χ0n) is 21.0. The molecule has 2 amide bonds. The summed E-state index contributed by atoms with van der Waals surface area (Å²) in [6.45, 7) is 5.37. The quantitative estimate of drug-likeness (QED) is 0.386. The molecule has 2 N–H and O–H groups in total. The number of carbonyl (C=O) groups is 1. The van der Waals surface area contributed by atoms with Crippen molar-refractivity contribution >= 4 is 22.6 Å². The highest BCUT2D eigenvalue weighted by molar-refractivity contribution is 5.96. The molecule has 5 rings (SSSR count). The first-order valence-corrected chi connectivity index (χ1v) is 13.1. The molecule has 1 aliphatic heterocycles. The Morgan fingerprint density at radius 3 is 2.64 bits per heavy atom. The molecule has 1 saturated carbocycles. The van der Waals surface area contributed by atoms with Gasteiger partial charge in [0, 0.05) is 35.8 Å². The zero-order chi connectivity index (χ0) is 25.1. The van der Waals surface area contributed by atoms with Gasteiger partial charge in [0.2, 0.25) is 0 Å². The van der Waals surface area contributed by atoms with E-state index in [9.17, 15) is 10.1 Å². The van der Waals surface area contributed by atoms with E-state index >= 15 is 0 Å². The number of urea groups is 1. The summed E-state index contributed by atoms with van der Waals surface area (Å²) in [5.74, 6) is 0.805. The highest BCUT2D eigenvalue weighted by Crippen LogP contribution is 2.43. The Balaban J connectivity index is 1.46. The van der Waals surface area contributed by atoms with Crippen molar-refractivity contribution < 1.29 is 14.3 Å². The number of hydrogen-bond donors (Lipinski definition) is 2. The van der Waals surface area contributed by atoms with Crippen LogP contribution in [0.2, 0.25) is 0 Å². The Bertz CT molecular complexity index is 1260. The highest BCUT2D eigenvalue weighted by atomic mass is 16.5. The van der Waals surface area contributed by atoms with Crippen LogP contribution in [-0.4, -0.2) is 36.0 Å². The van der Waals surface area contributed by atoms with Gasteiger partial charge in [-0.3, -0.25) is 0 Å². The van der Waals surface area contributed by atoms with Crippen LogP contribution >= 0.6 is 0 Å². The van der Waals surface area contributed by atoms with Crippen LogP contribution < -0.4 is 15.4 Å². The third kappa shape index (κ3) is 4.91. The Morgan fingerprint density at radius 1 is 1.19 bits per heavy atom. The number of carbonyl (C=O) groups excluding carboxylic acids is 1. The first-order chi connectivity index (χ1) is 17.6. The number of amides is 2. The first kappa shape index (κ1) is 24.2. The van der Waals surface area contributed by atoms with Crippen LogP contribution in [0.15, 0.2) is 42.5 Å². The summed E-state index contributed by atoms with van der Waals surface area (Å²) in [6, 6.07) is 16.5. The summed E-state index contributed by atoms with van der Waals surface area (Å²) in [5, 5.41) is 16.9. The molecule has 2 atom stereocenters. The Hall–Kier alpha value is -3.50. The van der Waals surface area contributed by atoms with Crippen molar-refractivity contribution in [2.75, 3.05) is 18.5 Å². The number of anilines is 1. The van der Waals surface area contributed by atoms with Gasteiger partial charge in [-0.2, -0.15) is 5.26 Å². The number of rotatable bonds is 8. The lowest BCUT2D eigenvalue weighted by Gasteiger charge is -2.30. The second-order valence-corrected chi connectivity index (χ2v) is 9.90. The number of aromatic nitrogens is 1. The SMILES string of the molecule is CCC(C)NC(=O)Nc1ccc(-c2c(C#N)c3ccc(OCC4CCCO4)cc3n2C2CCC2)cc1.